The highest BCUT2D eigenvalue weighted by atomic mass is 19.1. The molecule has 0 bridgehead atoms. The number of aromatic nitrogens is 1. The van der Waals surface area contributed by atoms with E-state index in [1.54, 1.807) is 6.07 Å². The topological polar surface area (TPSA) is 33.2 Å². The third-order valence-corrected chi connectivity index (χ3v) is 3.52. The third-order valence-electron chi connectivity index (χ3n) is 3.52. The molecular formula is C15H21FN2O. The fraction of sp³-hybridized carbons (Fsp3) is 0.600. The Balaban J connectivity index is 2.19. The summed E-state index contributed by atoms with van der Waals surface area (Å²) in [5, 5.41) is 0. The molecule has 3 nitrogen and oxygen atoms in total. The second-order valence-electron chi connectivity index (χ2n) is 5.64. The van der Waals surface area contributed by atoms with Gasteiger partial charge in [-0.3, -0.25) is 4.79 Å². The van der Waals surface area contributed by atoms with Crippen molar-refractivity contribution in [1.82, 2.24) is 9.88 Å². The largest absolute Gasteiger partial charge is 0.334 e. The summed E-state index contributed by atoms with van der Waals surface area (Å²) >= 11 is 0. The van der Waals surface area contributed by atoms with Crippen LogP contribution in [0.25, 0.3) is 0 Å². The first kappa shape index (κ1) is 14.0. The van der Waals surface area contributed by atoms with Gasteiger partial charge in [-0.15, -0.1) is 0 Å². The summed E-state index contributed by atoms with van der Waals surface area (Å²) in [7, 11) is 0. The lowest BCUT2D eigenvalue weighted by atomic mass is 10.1. The number of rotatable bonds is 4. The van der Waals surface area contributed by atoms with Crippen molar-refractivity contribution in [2.24, 2.45) is 5.92 Å². The van der Waals surface area contributed by atoms with Crippen LogP contribution < -0.4 is 0 Å². The molecule has 0 N–H and O–H groups in total. The maximum absolute atomic E-state index is 13.1. The van der Waals surface area contributed by atoms with Crippen molar-refractivity contribution >= 4 is 5.91 Å². The van der Waals surface area contributed by atoms with E-state index in [9.17, 15) is 9.18 Å². The van der Waals surface area contributed by atoms with Gasteiger partial charge in [0.2, 0.25) is 5.95 Å². The van der Waals surface area contributed by atoms with Crippen LogP contribution in [0.3, 0.4) is 0 Å². The zero-order valence-electron chi connectivity index (χ0n) is 11.6. The van der Waals surface area contributed by atoms with Crippen molar-refractivity contribution in [3.05, 3.63) is 29.8 Å². The number of pyridine rings is 1. The van der Waals surface area contributed by atoms with Crippen LogP contribution in [0, 0.1) is 11.9 Å². The molecule has 1 amide bonds. The molecule has 1 heterocycles. The summed E-state index contributed by atoms with van der Waals surface area (Å²) in [6.07, 6.45) is 4.44. The van der Waals surface area contributed by atoms with Gasteiger partial charge in [0.05, 0.1) is 0 Å². The van der Waals surface area contributed by atoms with E-state index in [4.69, 9.17) is 0 Å². The minimum Gasteiger partial charge on any atom is -0.334 e. The molecule has 0 aromatic carbocycles. The summed E-state index contributed by atoms with van der Waals surface area (Å²) in [5.74, 6) is -0.333. The van der Waals surface area contributed by atoms with Gasteiger partial charge >= 0.3 is 0 Å². The molecule has 0 radical (unpaired) electrons. The molecular weight excluding hydrogens is 243 g/mol. The Morgan fingerprint density at radius 3 is 2.68 bits per heavy atom. The molecule has 0 aliphatic heterocycles. The van der Waals surface area contributed by atoms with Crippen molar-refractivity contribution in [2.75, 3.05) is 6.54 Å². The first-order valence-corrected chi connectivity index (χ1v) is 7.01. The number of hydrogen-bond acceptors (Lipinski definition) is 2. The summed E-state index contributed by atoms with van der Waals surface area (Å²) in [6, 6.07) is 4.69. The van der Waals surface area contributed by atoms with Crippen LogP contribution in [0.5, 0.6) is 0 Å². The highest BCUT2D eigenvalue weighted by Gasteiger charge is 2.28. The van der Waals surface area contributed by atoms with Crippen molar-refractivity contribution in [1.29, 1.82) is 0 Å². The van der Waals surface area contributed by atoms with E-state index >= 15 is 0 Å². The van der Waals surface area contributed by atoms with Crippen molar-refractivity contribution < 1.29 is 9.18 Å². The Bertz CT molecular complexity index is 442. The second kappa shape index (κ2) is 6.13. The monoisotopic (exact) mass is 264 g/mol. The lowest BCUT2D eigenvalue weighted by Gasteiger charge is -2.30. The molecule has 1 aromatic heterocycles. The van der Waals surface area contributed by atoms with Gasteiger partial charge in [0.1, 0.15) is 5.69 Å². The predicted octanol–water partition coefficient (Wildman–Crippen LogP) is 3.26. The highest BCUT2D eigenvalue weighted by molar-refractivity contribution is 5.92. The van der Waals surface area contributed by atoms with Crippen LogP contribution in [-0.4, -0.2) is 28.4 Å². The first-order chi connectivity index (χ1) is 9.08. The number of nitrogens with zero attached hydrogens (tertiary/aromatic N) is 2. The Morgan fingerprint density at radius 1 is 1.42 bits per heavy atom. The molecule has 4 heteroatoms. The van der Waals surface area contributed by atoms with Gasteiger partial charge in [-0.25, -0.2) is 4.98 Å². The number of carbonyl (C=O) groups excluding carboxylic acids is 1. The maximum Gasteiger partial charge on any atom is 0.272 e. The minimum absolute atomic E-state index is 0.139. The quantitative estimate of drug-likeness (QED) is 0.782. The summed E-state index contributed by atoms with van der Waals surface area (Å²) < 4.78 is 13.1. The average Bonchev–Trinajstić information content (AvgIpc) is 2.88. The number of amides is 1. The summed E-state index contributed by atoms with van der Waals surface area (Å²) in [5.41, 5.74) is 0.215. The van der Waals surface area contributed by atoms with E-state index in [1.165, 1.54) is 25.0 Å². The number of hydrogen-bond donors (Lipinski definition) is 0. The van der Waals surface area contributed by atoms with Crippen LogP contribution >= 0.6 is 0 Å². The molecule has 0 spiro atoms. The lowest BCUT2D eigenvalue weighted by molar-refractivity contribution is 0.0648. The smallest absolute Gasteiger partial charge is 0.272 e. The predicted molar refractivity (Wildman–Crippen MR) is 72.3 cm³/mol. The van der Waals surface area contributed by atoms with Crippen molar-refractivity contribution in [3.8, 4) is 0 Å². The minimum atomic E-state index is -0.596. The van der Waals surface area contributed by atoms with E-state index in [1.807, 2.05) is 4.90 Å². The fourth-order valence-electron chi connectivity index (χ4n) is 2.68. The molecule has 0 saturated heterocycles. The Kier molecular flexibility index (Phi) is 4.51. The molecule has 1 fully saturated rings. The van der Waals surface area contributed by atoms with Gasteiger partial charge < -0.3 is 4.90 Å². The highest BCUT2D eigenvalue weighted by Crippen LogP contribution is 2.25. The third kappa shape index (κ3) is 3.52. The first-order valence-electron chi connectivity index (χ1n) is 7.01. The molecule has 0 unspecified atom stereocenters. The molecule has 19 heavy (non-hydrogen) atoms. The van der Waals surface area contributed by atoms with E-state index in [2.05, 4.69) is 18.8 Å². The van der Waals surface area contributed by atoms with Crippen molar-refractivity contribution in [2.45, 2.75) is 45.6 Å². The normalized spacial score (nSPS) is 16.0. The van der Waals surface area contributed by atoms with E-state index in [0.717, 1.165) is 12.8 Å². The van der Waals surface area contributed by atoms with Gasteiger partial charge in [0.15, 0.2) is 0 Å². The Labute approximate surface area is 113 Å². The van der Waals surface area contributed by atoms with E-state index in [0.29, 0.717) is 18.5 Å². The molecule has 1 saturated carbocycles. The summed E-state index contributed by atoms with van der Waals surface area (Å²) in [4.78, 5) is 18.1. The SMILES string of the molecule is CC(C)CN(C(=O)c1cccc(F)n1)C1CCCC1. The van der Waals surface area contributed by atoms with Gasteiger partial charge in [0, 0.05) is 12.6 Å². The second-order valence-corrected chi connectivity index (χ2v) is 5.64. The molecule has 1 aliphatic carbocycles. The van der Waals surface area contributed by atoms with Gasteiger partial charge in [-0.2, -0.15) is 4.39 Å². The number of carbonyl (C=O) groups is 1. The Hall–Kier alpha value is -1.45. The molecule has 0 atom stereocenters. The summed E-state index contributed by atoms with van der Waals surface area (Å²) in [6.45, 7) is 4.89. The zero-order chi connectivity index (χ0) is 13.8. The molecule has 1 aromatic rings. The lowest BCUT2D eigenvalue weighted by Crippen LogP contribution is -2.41. The van der Waals surface area contributed by atoms with Crippen LogP contribution in [-0.2, 0) is 0 Å². The van der Waals surface area contributed by atoms with Crippen LogP contribution in [0.15, 0.2) is 18.2 Å². The van der Waals surface area contributed by atoms with E-state index < -0.39 is 5.95 Å². The fourth-order valence-corrected chi connectivity index (χ4v) is 2.68. The van der Waals surface area contributed by atoms with E-state index in [-0.39, 0.29) is 11.6 Å². The average molecular weight is 264 g/mol. The maximum atomic E-state index is 13.1. The van der Waals surface area contributed by atoms with Gasteiger partial charge in [-0.05, 0) is 30.9 Å². The number of halogens is 1. The standard InChI is InChI=1S/C15H21FN2O/c1-11(2)10-18(12-6-3-4-7-12)15(19)13-8-5-9-14(16)17-13/h5,8-9,11-12H,3-4,6-7,10H2,1-2H3. The van der Waals surface area contributed by atoms with Gasteiger partial charge in [-0.1, -0.05) is 32.8 Å². The molecule has 1 aliphatic rings. The zero-order valence-corrected chi connectivity index (χ0v) is 11.6. The van der Waals surface area contributed by atoms with Crippen LogP contribution in [0.4, 0.5) is 4.39 Å². The molecule has 2 rings (SSSR count). The van der Waals surface area contributed by atoms with Crippen LogP contribution in [0.2, 0.25) is 0 Å². The van der Waals surface area contributed by atoms with Crippen LogP contribution in [0.1, 0.15) is 50.0 Å². The van der Waals surface area contributed by atoms with Crippen molar-refractivity contribution in [3.63, 3.8) is 0 Å². The molecule has 104 valence electrons. The van der Waals surface area contributed by atoms with Gasteiger partial charge in [0.25, 0.3) is 5.91 Å². The Morgan fingerprint density at radius 2 is 2.11 bits per heavy atom.